The van der Waals surface area contributed by atoms with Crippen LogP contribution in [0.5, 0.6) is 0 Å². The summed E-state index contributed by atoms with van der Waals surface area (Å²) in [5.74, 6) is -1.08. The number of nitro groups is 1. The van der Waals surface area contributed by atoms with E-state index in [0.29, 0.717) is 18.9 Å². The van der Waals surface area contributed by atoms with Crippen LogP contribution in [-0.4, -0.2) is 31.1 Å². The number of aliphatic hydroxyl groups excluding tert-OH is 1. The van der Waals surface area contributed by atoms with Crippen LogP contribution in [0.1, 0.15) is 25.3 Å². The average molecular weight is 320 g/mol. The smallest absolute Gasteiger partial charge is 0.306 e. The van der Waals surface area contributed by atoms with Crippen LogP contribution >= 0.6 is 0 Å². The van der Waals surface area contributed by atoms with E-state index < -0.39 is 32.6 Å². The highest BCUT2D eigenvalue weighted by molar-refractivity contribution is 7.89. The van der Waals surface area contributed by atoms with Gasteiger partial charge in [-0.25, -0.2) is 13.1 Å². The molecule has 0 saturated heterocycles. The number of hydrogen-bond acceptors (Lipinski definition) is 5. The molecule has 0 radical (unpaired) electrons. The van der Waals surface area contributed by atoms with Crippen LogP contribution in [0.2, 0.25) is 0 Å². The van der Waals surface area contributed by atoms with Crippen molar-refractivity contribution in [2.45, 2.75) is 37.7 Å². The molecule has 1 atom stereocenters. The number of aryl methyl sites for hydroxylation is 1. The normalized spacial score (nSPS) is 13.1. The fourth-order valence-electron chi connectivity index (χ4n) is 1.75. The quantitative estimate of drug-likeness (QED) is 0.449. The van der Waals surface area contributed by atoms with Gasteiger partial charge in [0.25, 0.3) is 0 Å². The molecule has 0 aromatic heterocycles. The molecule has 0 aliphatic rings. The first kappa shape index (κ1) is 17.5. The molecule has 1 aromatic carbocycles. The fraction of sp³-hybridized carbons (Fsp3) is 0.500. The van der Waals surface area contributed by atoms with Crippen molar-refractivity contribution in [1.82, 2.24) is 4.72 Å². The summed E-state index contributed by atoms with van der Waals surface area (Å²) in [4.78, 5) is 9.37. The van der Waals surface area contributed by atoms with Gasteiger partial charge >= 0.3 is 5.69 Å². The standard InChI is InChI=1S/C12H17FN2O5S/c1-8-6-10(13)11(15(17)18)7-12(8)21(19,20)14-5-3-4-9(2)16/h6-7,9,14,16H,3-5H2,1-2H3. The van der Waals surface area contributed by atoms with Gasteiger partial charge in [0.05, 0.1) is 15.9 Å². The van der Waals surface area contributed by atoms with Crippen molar-refractivity contribution in [3.63, 3.8) is 0 Å². The molecule has 0 bridgehead atoms. The number of sulfonamides is 1. The van der Waals surface area contributed by atoms with Crippen LogP contribution in [0.3, 0.4) is 0 Å². The zero-order valence-corrected chi connectivity index (χ0v) is 12.5. The number of nitrogens with one attached hydrogen (secondary N) is 1. The third-order valence-electron chi connectivity index (χ3n) is 2.82. The molecule has 1 aromatic rings. The molecule has 7 nitrogen and oxygen atoms in total. The maximum Gasteiger partial charge on any atom is 0.306 e. The lowest BCUT2D eigenvalue weighted by molar-refractivity contribution is -0.387. The van der Waals surface area contributed by atoms with Crippen LogP contribution in [0.15, 0.2) is 17.0 Å². The summed E-state index contributed by atoms with van der Waals surface area (Å²) in [6.07, 6.45) is 0.299. The number of benzene rings is 1. The fourth-order valence-corrected chi connectivity index (χ4v) is 3.07. The molecule has 1 unspecified atom stereocenters. The first-order valence-corrected chi connectivity index (χ1v) is 7.75. The number of rotatable bonds is 7. The van der Waals surface area contributed by atoms with Crippen molar-refractivity contribution < 1.29 is 22.8 Å². The second-order valence-electron chi connectivity index (χ2n) is 4.72. The number of nitrogens with zero attached hydrogens (tertiary/aromatic N) is 1. The summed E-state index contributed by atoms with van der Waals surface area (Å²) < 4.78 is 39.8. The third-order valence-corrected chi connectivity index (χ3v) is 4.42. The molecule has 118 valence electrons. The Morgan fingerprint density at radius 2 is 2.10 bits per heavy atom. The minimum Gasteiger partial charge on any atom is -0.393 e. The van der Waals surface area contributed by atoms with Gasteiger partial charge in [-0.05, 0) is 38.3 Å². The highest BCUT2D eigenvalue weighted by atomic mass is 32.2. The van der Waals surface area contributed by atoms with Gasteiger partial charge < -0.3 is 5.11 Å². The Hall–Kier alpha value is -1.58. The predicted octanol–water partition coefficient (Wildman–Crippen LogP) is 1.48. The molecule has 2 N–H and O–H groups in total. The average Bonchev–Trinajstić information content (AvgIpc) is 2.33. The number of halogens is 1. The maximum atomic E-state index is 13.4. The van der Waals surface area contributed by atoms with Crippen LogP contribution in [-0.2, 0) is 10.0 Å². The van der Waals surface area contributed by atoms with Crippen LogP contribution in [0.4, 0.5) is 10.1 Å². The van der Waals surface area contributed by atoms with Gasteiger partial charge in [-0.2, -0.15) is 4.39 Å². The minimum absolute atomic E-state index is 0.0812. The Kier molecular flexibility index (Phi) is 5.76. The van der Waals surface area contributed by atoms with E-state index in [4.69, 9.17) is 5.11 Å². The SMILES string of the molecule is Cc1cc(F)c([N+](=O)[O-])cc1S(=O)(=O)NCCCC(C)O. The summed E-state index contributed by atoms with van der Waals surface area (Å²) in [6.45, 7) is 3.02. The van der Waals surface area contributed by atoms with E-state index in [9.17, 15) is 22.9 Å². The van der Waals surface area contributed by atoms with E-state index in [1.165, 1.54) is 6.92 Å². The Morgan fingerprint density at radius 3 is 2.62 bits per heavy atom. The molecular weight excluding hydrogens is 303 g/mol. The molecule has 0 aliphatic heterocycles. The molecule has 0 aliphatic carbocycles. The zero-order valence-electron chi connectivity index (χ0n) is 11.7. The van der Waals surface area contributed by atoms with Crippen molar-refractivity contribution in [2.24, 2.45) is 0 Å². The third kappa shape index (κ3) is 4.73. The zero-order chi connectivity index (χ0) is 16.2. The Morgan fingerprint density at radius 1 is 1.48 bits per heavy atom. The van der Waals surface area contributed by atoms with E-state index in [1.807, 2.05) is 0 Å². The van der Waals surface area contributed by atoms with E-state index in [1.54, 1.807) is 6.92 Å². The first-order chi connectivity index (χ1) is 9.65. The van der Waals surface area contributed by atoms with Gasteiger partial charge in [0.1, 0.15) is 0 Å². The van der Waals surface area contributed by atoms with Crippen molar-refractivity contribution in [2.75, 3.05) is 6.54 Å². The highest BCUT2D eigenvalue weighted by Gasteiger charge is 2.24. The Labute approximate surface area is 122 Å². The van der Waals surface area contributed by atoms with Gasteiger partial charge in [-0.1, -0.05) is 0 Å². The van der Waals surface area contributed by atoms with Crippen molar-refractivity contribution in [3.8, 4) is 0 Å². The van der Waals surface area contributed by atoms with Gasteiger partial charge in [0.2, 0.25) is 15.8 Å². The second kappa shape index (κ2) is 6.92. The Bertz CT molecular complexity index is 631. The predicted molar refractivity (Wildman–Crippen MR) is 73.9 cm³/mol. The van der Waals surface area contributed by atoms with E-state index in [2.05, 4.69) is 4.72 Å². The maximum absolute atomic E-state index is 13.4. The van der Waals surface area contributed by atoms with Crippen molar-refractivity contribution in [1.29, 1.82) is 0 Å². The summed E-state index contributed by atoms with van der Waals surface area (Å²) in [6, 6.07) is 1.53. The molecule has 9 heteroatoms. The van der Waals surface area contributed by atoms with E-state index in [0.717, 1.165) is 6.07 Å². The summed E-state index contributed by atoms with van der Waals surface area (Å²) in [7, 11) is -3.96. The van der Waals surface area contributed by atoms with Crippen LogP contribution in [0, 0.1) is 22.9 Å². The topological polar surface area (TPSA) is 110 Å². The lowest BCUT2D eigenvalue weighted by atomic mass is 10.2. The lowest BCUT2D eigenvalue weighted by Crippen LogP contribution is -2.26. The monoisotopic (exact) mass is 320 g/mol. The van der Waals surface area contributed by atoms with Gasteiger partial charge in [0.15, 0.2) is 0 Å². The number of hydrogen-bond donors (Lipinski definition) is 2. The largest absolute Gasteiger partial charge is 0.393 e. The van der Waals surface area contributed by atoms with Crippen LogP contribution in [0.25, 0.3) is 0 Å². The second-order valence-corrected chi connectivity index (χ2v) is 6.45. The van der Waals surface area contributed by atoms with E-state index >= 15 is 0 Å². The molecule has 0 amide bonds. The van der Waals surface area contributed by atoms with Gasteiger partial charge in [-0.15, -0.1) is 0 Å². The minimum atomic E-state index is -3.96. The van der Waals surface area contributed by atoms with Crippen LogP contribution < -0.4 is 4.72 Å². The highest BCUT2D eigenvalue weighted by Crippen LogP contribution is 2.25. The summed E-state index contributed by atoms with van der Waals surface area (Å²) in [5.41, 5.74) is -0.800. The summed E-state index contributed by atoms with van der Waals surface area (Å²) >= 11 is 0. The lowest BCUT2D eigenvalue weighted by Gasteiger charge is -2.10. The van der Waals surface area contributed by atoms with E-state index in [-0.39, 0.29) is 17.0 Å². The van der Waals surface area contributed by atoms with Gasteiger partial charge in [-0.3, -0.25) is 10.1 Å². The molecular formula is C12H17FN2O5S. The molecule has 1 rings (SSSR count). The van der Waals surface area contributed by atoms with Crippen molar-refractivity contribution in [3.05, 3.63) is 33.6 Å². The molecule has 0 heterocycles. The van der Waals surface area contributed by atoms with Gasteiger partial charge in [0, 0.05) is 12.6 Å². The molecule has 21 heavy (non-hydrogen) atoms. The van der Waals surface area contributed by atoms with Crippen molar-refractivity contribution >= 4 is 15.7 Å². The number of aliphatic hydroxyl groups is 1. The number of nitro benzene ring substituents is 1. The molecule has 0 spiro atoms. The first-order valence-electron chi connectivity index (χ1n) is 6.27. The molecule has 0 saturated carbocycles. The Balaban J connectivity index is 2.97. The molecule has 0 fully saturated rings. The summed E-state index contributed by atoms with van der Waals surface area (Å²) in [5, 5.41) is 19.7.